The van der Waals surface area contributed by atoms with Crippen molar-refractivity contribution in [1.82, 2.24) is 19.7 Å². The van der Waals surface area contributed by atoms with Crippen molar-refractivity contribution in [3.8, 4) is 0 Å². The fraction of sp³-hybridized carbons (Fsp3) is 0.389. The lowest BCUT2D eigenvalue weighted by Gasteiger charge is -2.40. The van der Waals surface area contributed by atoms with Gasteiger partial charge < -0.3 is 25.4 Å². The van der Waals surface area contributed by atoms with E-state index in [-0.39, 0.29) is 27.7 Å². The lowest BCUT2D eigenvalue weighted by Crippen LogP contribution is -2.33. The van der Waals surface area contributed by atoms with Crippen molar-refractivity contribution in [2.24, 2.45) is 0 Å². The molecule has 3 aromatic rings. The zero-order valence-corrected chi connectivity index (χ0v) is 18.8. The third-order valence-corrected chi connectivity index (χ3v) is 6.70. The van der Waals surface area contributed by atoms with Crippen LogP contribution in [0.3, 0.4) is 0 Å². The molecule has 34 heavy (non-hydrogen) atoms. The van der Waals surface area contributed by atoms with E-state index in [2.05, 4.69) is 20.4 Å². The maximum Gasteiger partial charge on any atom is 0.310 e. The smallest absolute Gasteiger partial charge is 0.310 e. The highest BCUT2D eigenvalue weighted by Crippen LogP contribution is 3.02. The summed E-state index contributed by atoms with van der Waals surface area (Å²) in [6.45, 7) is 1.02. The van der Waals surface area contributed by atoms with Crippen molar-refractivity contribution in [2.45, 2.75) is 42.4 Å². The van der Waals surface area contributed by atoms with E-state index < -0.39 is 52.3 Å². The van der Waals surface area contributed by atoms with Crippen LogP contribution in [0.15, 0.2) is 35.4 Å². The third kappa shape index (κ3) is 4.63. The topological polar surface area (TPSA) is 126 Å². The largest absolute Gasteiger partial charge is 0.394 e. The van der Waals surface area contributed by atoms with E-state index in [1.165, 1.54) is 6.20 Å². The molecule has 0 amide bonds. The van der Waals surface area contributed by atoms with E-state index in [0.717, 1.165) is 16.8 Å². The summed E-state index contributed by atoms with van der Waals surface area (Å²) >= 11 is 6.01. The summed E-state index contributed by atoms with van der Waals surface area (Å²) in [4.78, 5) is 6.12. The van der Waals surface area contributed by atoms with E-state index in [0.29, 0.717) is 12.1 Å². The number of aliphatic hydroxyl groups is 3. The summed E-state index contributed by atoms with van der Waals surface area (Å²) in [7, 11) is -9.78. The molecule has 9 nitrogen and oxygen atoms in total. The Balaban J connectivity index is 1.64. The fourth-order valence-electron chi connectivity index (χ4n) is 3.58. The van der Waals surface area contributed by atoms with Gasteiger partial charge in [0.1, 0.15) is 29.0 Å². The van der Waals surface area contributed by atoms with Crippen LogP contribution >= 0.6 is 21.8 Å². The second-order valence-corrected chi connectivity index (χ2v) is 10.5. The lowest BCUT2D eigenvalue weighted by molar-refractivity contribution is -0.0566. The molecule has 0 aliphatic carbocycles. The minimum atomic E-state index is -9.78. The highest BCUT2D eigenvalue weighted by Gasteiger charge is 2.65. The number of rotatable bonds is 6. The van der Waals surface area contributed by atoms with Crippen LogP contribution in [0.1, 0.15) is 24.8 Å². The van der Waals surface area contributed by atoms with Gasteiger partial charge in [-0.2, -0.15) is 15.1 Å². The highest BCUT2D eigenvalue weighted by molar-refractivity contribution is 8.45. The van der Waals surface area contributed by atoms with E-state index in [1.807, 2.05) is 0 Å². The van der Waals surface area contributed by atoms with Crippen LogP contribution < -0.4 is 5.32 Å². The summed E-state index contributed by atoms with van der Waals surface area (Å²) in [5.74, 6) is 0.122. The number of halogens is 6. The third-order valence-electron chi connectivity index (χ3n) is 5.36. The Labute approximate surface area is 193 Å². The molecule has 4 N–H and O–H groups in total. The number of anilines is 1. The molecule has 0 bridgehead atoms. The summed E-state index contributed by atoms with van der Waals surface area (Å²) in [5.41, 5.74) is 0.352. The molecule has 1 saturated heterocycles. The molecule has 188 valence electrons. The number of nitrogens with zero attached hydrogens (tertiary/aromatic N) is 4. The first-order chi connectivity index (χ1) is 15.6. The van der Waals surface area contributed by atoms with E-state index in [9.17, 15) is 34.7 Å². The number of aromatic nitrogens is 4. The van der Waals surface area contributed by atoms with Gasteiger partial charge in [-0.3, -0.25) is 0 Å². The van der Waals surface area contributed by atoms with Gasteiger partial charge in [-0.05, 0) is 36.2 Å². The van der Waals surface area contributed by atoms with Gasteiger partial charge in [0.05, 0.1) is 18.2 Å². The fourth-order valence-corrected chi connectivity index (χ4v) is 4.39. The van der Waals surface area contributed by atoms with Crippen LogP contribution in [0.4, 0.5) is 25.2 Å². The second kappa shape index (κ2) is 7.60. The minimum Gasteiger partial charge on any atom is -0.394 e. The van der Waals surface area contributed by atoms with Gasteiger partial charge in [0.25, 0.3) is 0 Å². The molecule has 1 aromatic carbocycles. The first-order valence-electron chi connectivity index (χ1n) is 9.73. The number of benzene rings is 1. The Morgan fingerprint density at radius 1 is 1.12 bits per heavy atom. The van der Waals surface area contributed by atoms with Crippen LogP contribution in [0.5, 0.6) is 0 Å². The van der Waals surface area contributed by atoms with E-state index in [1.54, 1.807) is 6.92 Å². The summed E-state index contributed by atoms with van der Waals surface area (Å²) in [5, 5.41) is 36.6. The van der Waals surface area contributed by atoms with Gasteiger partial charge in [-0.1, -0.05) is 31.6 Å². The first kappa shape index (κ1) is 24.8. The molecule has 0 saturated carbocycles. The standard InChI is InChI=1S/C18H19ClF5N5O4S/c1-8(9-2-4-10(5-3-9)34(20,21,22,23)24)26-15-11-6-25-29(16(11)28-18(19)27-15)17-14(32)13(31)12(7-30)33-17/h2-6,8,12-14,17,30-32H,7H2,1H3,(H,26,27,28)/t8-,12-,13?,14+,17-/m1/s1. The number of fused-ring (bicyclic) bond motifs is 1. The number of hydrogen-bond acceptors (Lipinski definition) is 8. The molecule has 3 heterocycles. The van der Waals surface area contributed by atoms with Crippen molar-refractivity contribution in [2.75, 3.05) is 11.9 Å². The molecule has 1 aliphatic heterocycles. The van der Waals surface area contributed by atoms with Crippen molar-refractivity contribution in [3.63, 3.8) is 0 Å². The van der Waals surface area contributed by atoms with Crippen molar-refractivity contribution in [3.05, 3.63) is 41.3 Å². The Morgan fingerprint density at radius 3 is 2.32 bits per heavy atom. The molecule has 0 spiro atoms. The normalized spacial score (nSPS) is 26.3. The molecule has 1 aliphatic rings. The molecule has 5 atom stereocenters. The summed E-state index contributed by atoms with van der Waals surface area (Å²) in [6.07, 6.45) is -3.74. The Kier molecular flexibility index (Phi) is 5.54. The molecule has 2 aromatic heterocycles. The Hall–Kier alpha value is -2.30. The maximum absolute atomic E-state index is 13.0. The average Bonchev–Trinajstić information content (AvgIpc) is 3.27. The van der Waals surface area contributed by atoms with Gasteiger partial charge in [-0.15, -0.1) is 0 Å². The zero-order chi connectivity index (χ0) is 25.1. The molecule has 1 fully saturated rings. The SMILES string of the molecule is C[C@@H](Nc1nc(Cl)nc2c1cnn2[C@@H]1O[C@H](CO)C(O)[C@@H]1O)c1ccc(S(F)(F)(F)(F)F)cc1. The summed E-state index contributed by atoms with van der Waals surface area (Å²) in [6, 6.07) is 1.79. The van der Waals surface area contributed by atoms with Crippen LogP contribution in [0.2, 0.25) is 5.28 Å². The van der Waals surface area contributed by atoms with Gasteiger partial charge in [-0.25, -0.2) is 4.68 Å². The predicted molar refractivity (Wildman–Crippen MR) is 113 cm³/mol. The molecular weight excluding hydrogens is 513 g/mol. The molecule has 16 heteroatoms. The highest BCUT2D eigenvalue weighted by atomic mass is 35.5. The second-order valence-electron chi connectivity index (χ2n) is 7.80. The van der Waals surface area contributed by atoms with Gasteiger partial charge in [0.15, 0.2) is 11.9 Å². The predicted octanol–water partition coefficient (Wildman–Crippen LogP) is 3.92. The number of ether oxygens (including phenoxy) is 1. The molecule has 4 rings (SSSR count). The minimum absolute atomic E-state index is 0.0980. The lowest BCUT2D eigenvalue weighted by atomic mass is 10.1. The first-order valence-corrected chi connectivity index (χ1v) is 12.1. The van der Waals surface area contributed by atoms with Gasteiger partial charge >= 0.3 is 10.2 Å². The Morgan fingerprint density at radius 2 is 1.76 bits per heavy atom. The van der Waals surface area contributed by atoms with Crippen molar-refractivity contribution < 1.29 is 39.5 Å². The van der Waals surface area contributed by atoms with Crippen LogP contribution in [0, 0.1) is 0 Å². The molecule has 1 unspecified atom stereocenters. The maximum atomic E-state index is 13.0. The number of aliphatic hydroxyl groups excluding tert-OH is 3. The van der Waals surface area contributed by atoms with Crippen LogP contribution in [0.25, 0.3) is 11.0 Å². The summed E-state index contributed by atoms with van der Waals surface area (Å²) < 4.78 is 71.4. The van der Waals surface area contributed by atoms with Crippen LogP contribution in [-0.4, -0.2) is 60.0 Å². The molecule has 0 radical (unpaired) electrons. The van der Waals surface area contributed by atoms with Crippen molar-refractivity contribution in [1.29, 1.82) is 0 Å². The zero-order valence-electron chi connectivity index (χ0n) is 17.2. The van der Waals surface area contributed by atoms with Crippen molar-refractivity contribution >= 4 is 38.7 Å². The molecular formula is C18H19ClF5N5O4S. The van der Waals surface area contributed by atoms with E-state index in [4.69, 9.17) is 16.3 Å². The van der Waals surface area contributed by atoms with Crippen LogP contribution in [-0.2, 0) is 4.74 Å². The van der Waals surface area contributed by atoms with Gasteiger partial charge in [0.2, 0.25) is 5.28 Å². The quantitative estimate of drug-likeness (QED) is 0.279. The van der Waals surface area contributed by atoms with Gasteiger partial charge in [0, 0.05) is 6.04 Å². The Bertz CT molecular complexity index is 1230. The number of nitrogens with one attached hydrogen (secondary N) is 1. The number of hydrogen-bond donors (Lipinski definition) is 4. The average molecular weight is 532 g/mol. The van der Waals surface area contributed by atoms with E-state index >= 15 is 0 Å². The monoisotopic (exact) mass is 531 g/mol.